The monoisotopic (exact) mass is 278 g/mol. The molecular weight excluding hydrogens is 248 g/mol. The Morgan fingerprint density at radius 2 is 1.95 bits per heavy atom. The normalized spacial score (nSPS) is 28.4. The second kappa shape index (κ2) is 6.79. The van der Waals surface area contributed by atoms with Crippen LogP contribution in [0.4, 0.5) is 0 Å². The number of rotatable bonds is 5. The first-order valence-electron chi connectivity index (χ1n) is 8.64. The van der Waals surface area contributed by atoms with Gasteiger partial charge in [-0.1, -0.05) is 12.8 Å². The number of aliphatic imine (C=N–C) groups is 1. The van der Waals surface area contributed by atoms with Gasteiger partial charge < -0.3 is 10.2 Å². The molecule has 3 rings (SSSR count). The standard InChI is InChI=1S/C16H30N4/c1-2-17-16(18-9-7-14-5-6-14)20-12-8-15(13-20)19-10-3-4-11-19/h14-15H,2-13H2,1H3,(H,17,18). The van der Waals surface area contributed by atoms with E-state index < -0.39 is 0 Å². The van der Waals surface area contributed by atoms with Gasteiger partial charge in [0, 0.05) is 32.2 Å². The van der Waals surface area contributed by atoms with Gasteiger partial charge in [0.1, 0.15) is 0 Å². The molecule has 4 heteroatoms. The van der Waals surface area contributed by atoms with Crippen LogP contribution in [-0.2, 0) is 0 Å². The lowest BCUT2D eigenvalue weighted by Gasteiger charge is -2.25. The molecule has 0 aromatic rings. The molecule has 0 spiro atoms. The Morgan fingerprint density at radius 1 is 1.15 bits per heavy atom. The quantitative estimate of drug-likeness (QED) is 0.616. The molecule has 1 N–H and O–H groups in total. The van der Waals surface area contributed by atoms with Gasteiger partial charge in [0.15, 0.2) is 5.96 Å². The molecule has 1 saturated carbocycles. The van der Waals surface area contributed by atoms with Crippen LogP contribution in [0.5, 0.6) is 0 Å². The third-order valence-electron chi connectivity index (χ3n) is 4.95. The van der Waals surface area contributed by atoms with Crippen LogP contribution < -0.4 is 5.32 Å². The van der Waals surface area contributed by atoms with Gasteiger partial charge in [0.2, 0.25) is 0 Å². The predicted octanol–water partition coefficient (Wildman–Crippen LogP) is 1.92. The highest BCUT2D eigenvalue weighted by Gasteiger charge is 2.30. The lowest BCUT2D eigenvalue weighted by molar-refractivity contribution is 0.249. The molecule has 0 aromatic carbocycles. The smallest absolute Gasteiger partial charge is 0.193 e. The zero-order valence-electron chi connectivity index (χ0n) is 13.0. The van der Waals surface area contributed by atoms with Gasteiger partial charge >= 0.3 is 0 Å². The van der Waals surface area contributed by atoms with Crippen molar-refractivity contribution < 1.29 is 0 Å². The molecule has 20 heavy (non-hydrogen) atoms. The van der Waals surface area contributed by atoms with Gasteiger partial charge in [0.25, 0.3) is 0 Å². The van der Waals surface area contributed by atoms with Gasteiger partial charge in [-0.25, -0.2) is 0 Å². The largest absolute Gasteiger partial charge is 0.357 e. The van der Waals surface area contributed by atoms with Crippen molar-refractivity contribution in [2.75, 3.05) is 39.3 Å². The first-order chi connectivity index (χ1) is 9.86. The van der Waals surface area contributed by atoms with Gasteiger partial charge in [-0.05, 0) is 51.6 Å². The fourth-order valence-corrected chi connectivity index (χ4v) is 3.52. The summed E-state index contributed by atoms with van der Waals surface area (Å²) in [5.41, 5.74) is 0. The predicted molar refractivity (Wildman–Crippen MR) is 84.1 cm³/mol. The number of nitrogens with one attached hydrogen (secondary N) is 1. The van der Waals surface area contributed by atoms with E-state index in [-0.39, 0.29) is 0 Å². The second-order valence-electron chi connectivity index (χ2n) is 6.60. The minimum absolute atomic E-state index is 0.768. The molecule has 2 aliphatic heterocycles. The van der Waals surface area contributed by atoms with E-state index in [2.05, 4.69) is 22.0 Å². The van der Waals surface area contributed by atoms with Crippen molar-refractivity contribution in [3.05, 3.63) is 0 Å². The summed E-state index contributed by atoms with van der Waals surface area (Å²) in [4.78, 5) is 10.0. The average molecular weight is 278 g/mol. The molecule has 4 nitrogen and oxygen atoms in total. The first kappa shape index (κ1) is 14.2. The molecule has 3 aliphatic rings. The maximum atomic E-state index is 4.85. The Labute approximate surface area is 123 Å². The minimum atomic E-state index is 0.768. The zero-order chi connectivity index (χ0) is 13.8. The van der Waals surface area contributed by atoms with Crippen LogP contribution in [0, 0.1) is 5.92 Å². The summed E-state index contributed by atoms with van der Waals surface area (Å²) in [7, 11) is 0. The molecule has 0 amide bonds. The van der Waals surface area contributed by atoms with Crippen LogP contribution in [0.3, 0.4) is 0 Å². The number of likely N-dealkylation sites (tertiary alicyclic amines) is 2. The van der Waals surface area contributed by atoms with Gasteiger partial charge in [-0.2, -0.15) is 0 Å². The van der Waals surface area contributed by atoms with E-state index in [1.807, 2.05) is 0 Å². The fraction of sp³-hybridized carbons (Fsp3) is 0.938. The van der Waals surface area contributed by atoms with Crippen molar-refractivity contribution in [3.63, 3.8) is 0 Å². The molecule has 1 aliphatic carbocycles. The van der Waals surface area contributed by atoms with Crippen LogP contribution >= 0.6 is 0 Å². The van der Waals surface area contributed by atoms with E-state index in [1.165, 1.54) is 64.7 Å². The van der Waals surface area contributed by atoms with Crippen LogP contribution in [-0.4, -0.2) is 61.1 Å². The van der Waals surface area contributed by atoms with Gasteiger partial charge in [0.05, 0.1) is 0 Å². The molecule has 1 unspecified atom stereocenters. The van der Waals surface area contributed by atoms with E-state index in [4.69, 9.17) is 4.99 Å². The molecule has 1 atom stereocenters. The summed E-state index contributed by atoms with van der Waals surface area (Å²) in [5, 5.41) is 3.49. The summed E-state index contributed by atoms with van der Waals surface area (Å²) >= 11 is 0. The van der Waals surface area contributed by atoms with Crippen LogP contribution in [0.1, 0.15) is 45.4 Å². The van der Waals surface area contributed by atoms with Gasteiger partial charge in [-0.3, -0.25) is 9.89 Å². The summed E-state index contributed by atoms with van der Waals surface area (Å²) in [6.45, 7) is 9.14. The van der Waals surface area contributed by atoms with Crippen LogP contribution in [0.25, 0.3) is 0 Å². The molecule has 0 radical (unpaired) electrons. The van der Waals surface area contributed by atoms with Crippen molar-refractivity contribution in [2.45, 2.75) is 51.5 Å². The number of hydrogen-bond donors (Lipinski definition) is 1. The van der Waals surface area contributed by atoms with Gasteiger partial charge in [-0.15, -0.1) is 0 Å². The number of hydrogen-bond acceptors (Lipinski definition) is 2. The average Bonchev–Trinajstić information content (AvgIpc) is 2.96. The Bertz CT molecular complexity index is 331. The van der Waals surface area contributed by atoms with E-state index in [0.717, 1.165) is 31.0 Å². The lowest BCUT2D eigenvalue weighted by atomic mass is 10.2. The molecular formula is C16H30N4. The summed E-state index contributed by atoms with van der Waals surface area (Å²) in [5.74, 6) is 2.15. The minimum Gasteiger partial charge on any atom is -0.357 e. The maximum absolute atomic E-state index is 4.85. The van der Waals surface area contributed by atoms with Crippen molar-refractivity contribution in [2.24, 2.45) is 10.9 Å². The number of guanidine groups is 1. The topological polar surface area (TPSA) is 30.9 Å². The fourth-order valence-electron chi connectivity index (χ4n) is 3.52. The highest BCUT2D eigenvalue weighted by molar-refractivity contribution is 5.80. The first-order valence-corrected chi connectivity index (χ1v) is 8.64. The molecule has 0 aromatic heterocycles. The molecule has 3 fully saturated rings. The van der Waals surface area contributed by atoms with Crippen molar-refractivity contribution in [1.29, 1.82) is 0 Å². The van der Waals surface area contributed by atoms with Crippen LogP contribution in [0.15, 0.2) is 4.99 Å². The highest BCUT2D eigenvalue weighted by atomic mass is 15.3. The second-order valence-corrected chi connectivity index (χ2v) is 6.60. The number of nitrogens with zero attached hydrogens (tertiary/aromatic N) is 3. The Balaban J connectivity index is 1.51. The zero-order valence-corrected chi connectivity index (χ0v) is 13.0. The van der Waals surface area contributed by atoms with Crippen LogP contribution in [0.2, 0.25) is 0 Å². The Hall–Kier alpha value is -0.770. The summed E-state index contributed by atoms with van der Waals surface area (Å²) in [6.07, 6.45) is 8.27. The summed E-state index contributed by atoms with van der Waals surface area (Å²) < 4.78 is 0. The summed E-state index contributed by atoms with van der Waals surface area (Å²) in [6, 6.07) is 0.768. The Morgan fingerprint density at radius 3 is 2.65 bits per heavy atom. The SMILES string of the molecule is CCNC(=NCCC1CC1)N1CCC(N2CCCC2)C1. The Kier molecular flexibility index (Phi) is 4.81. The van der Waals surface area contributed by atoms with E-state index in [9.17, 15) is 0 Å². The highest BCUT2D eigenvalue weighted by Crippen LogP contribution is 2.32. The third-order valence-corrected chi connectivity index (χ3v) is 4.95. The van der Waals surface area contributed by atoms with E-state index >= 15 is 0 Å². The third kappa shape index (κ3) is 3.66. The van der Waals surface area contributed by atoms with E-state index in [1.54, 1.807) is 0 Å². The molecule has 2 heterocycles. The lowest BCUT2D eigenvalue weighted by Crippen LogP contribution is -2.42. The molecule has 0 bridgehead atoms. The van der Waals surface area contributed by atoms with Crippen molar-refractivity contribution in [3.8, 4) is 0 Å². The van der Waals surface area contributed by atoms with Crippen molar-refractivity contribution in [1.82, 2.24) is 15.1 Å². The van der Waals surface area contributed by atoms with E-state index in [0.29, 0.717) is 0 Å². The van der Waals surface area contributed by atoms with Crippen molar-refractivity contribution >= 4 is 5.96 Å². The maximum Gasteiger partial charge on any atom is 0.193 e. The molecule has 114 valence electrons. The molecule has 2 saturated heterocycles.